The summed E-state index contributed by atoms with van der Waals surface area (Å²) in [7, 11) is 0. The van der Waals surface area contributed by atoms with Crippen LogP contribution in [0.3, 0.4) is 0 Å². The zero-order valence-corrected chi connectivity index (χ0v) is 16.5. The summed E-state index contributed by atoms with van der Waals surface area (Å²) in [4.78, 5) is 15.3. The molecule has 2 aromatic heterocycles. The molecule has 1 aliphatic heterocycles. The largest absolute Gasteiger partial charge is 0.467 e. The molecule has 0 radical (unpaired) electrons. The van der Waals surface area contributed by atoms with E-state index in [0.29, 0.717) is 11.8 Å². The van der Waals surface area contributed by atoms with Crippen LogP contribution >= 0.6 is 0 Å². The lowest BCUT2D eigenvalue weighted by atomic mass is 10.1. The van der Waals surface area contributed by atoms with Crippen LogP contribution in [0, 0.1) is 13.8 Å². The van der Waals surface area contributed by atoms with Gasteiger partial charge in [-0.15, -0.1) is 0 Å². The Morgan fingerprint density at radius 2 is 1.87 bits per heavy atom. The molecule has 0 aliphatic carbocycles. The molecule has 1 saturated heterocycles. The van der Waals surface area contributed by atoms with Gasteiger partial charge in [0.05, 0.1) is 5.56 Å². The van der Waals surface area contributed by atoms with Crippen molar-refractivity contribution in [1.82, 2.24) is 20.1 Å². The van der Waals surface area contributed by atoms with Gasteiger partial charge in [-0.3, -0.25) is 0 Å². The number of halogens is 3. The molecule has 3 heterocycles. The first-order valence-electron chi connectivity index (χ1n) is 9.54. The second-order valence-electron chi connectivity index (χ2n) is 7.11. The summed E-state index contributed by atoms with van der Waals surface area (Å²) < 4.78 is 49.7. The van der Waals surface area contributed by atoms with Crippen molar-refractivity contribution in [2.45, 2.75) is 39.5 Å². The van der Waals surface area contributed by atoms with Crippen molar-refractivity contribution in [1.29, 1.82) is 0 Å². The van der Waals surface area contributed by atoms with Gasteiger partial charge in [-0.05, 0) is 38.8 Å². The molecule has 0 saturated carbocycles. The number of hydrogen-bond acceptors (Lipinski definition) is 7. The van der Waals surface area contributed by atoms with Crippen molar-refractivity contribution in [3.05, 3.63) is 47.0 Å². The fraction of sp³-hybridized carbons (Fsp3) is 0.400. The molecule has 1 aromatic carbocycles. The Hall–Kier alpha value is -3.17. The molecule has 4 rings (SSSR count). The molecule has 0 N–H and O–H groups in total. The van der Waals surface area contributed by atoms with Crippen LogP contribution in [0.25, 0.3) is 11.4 Å². The number of anilines is 1. The maximum Gasteiger partial charge on any atom is 0.416 e. The highest BCUT2D eigenvalue weighted by Crippen LogP contribution is 2.31. The molecular weight excluding hydrogens is 399 g/mol. The molecule has 30 heavy (non-hydrogen) atoms. The summed E-state index contributed by atoms with van der Waals surface area (Å²) >= 11 is 0. The van der Waals surface area contributed by atoms with Crippen molar-refractivity contribution >= 4 is 5.95 Å². The number of ether oxygens (including phenoxy) is 1. The zero-order valence-electron chi connectivity index (χ0n) is 16.5. The Morgan fingerprint density at radius 3 is 2.60 bits per heavy atom. The lowest BCUT2D eigenvalue weighted by molar-refractivity contribution is -0.137. The van der Waals surface area contributed by atoms with Crippen molar-refractivity contribution in [2.24, 2.45) is 0 Å². The summed E-state index contributed by atoms with van der Waals surface area (Å²) in [6.45, 7) is 5.52. The number of benzene rings is 1. The monoisotopic (exact) mass is 419 g/mol. The number of alkyl halides is 3. The molecule has 1 aliphatic rings. The molecule has 1 fully saturated rings. The van der Waals surface area contributed by atoms with E-state index in [0.717, 1.165) is 49.3 Å². The lowest BCUT2D eigenvalue weighted by Crippen LogP contribution is -2.21. The first-order valence-corrected chi connectivity index (χ1v) is 9.54. The number of aromatic nitrogens is 4. The normalized spacial score (nSPS) is 14.4. The molecule has 0 unspecified atom stereocenters. The molecule has 10 heteroatoms. The van der Waals surface area contributed by atoms with E-state index in [4.69, 9.17) is 9.26 Å². The molecule has 0 bridgehead atoms. The fourth-order valence-electron chi connectivity index (χ4n) is 3.18. The highest BCUT2D eigenvalue weighted by atomic mass is 19.4. The Balaban J connectivity index is 1.50. The smallest absolute Gasteiger partial charge is 0.416 e. The topological polar surface area (TPSA) is 77.2 Å². The summed E-state index contributed by atoms with van der Waals surface area (Å²) in [5.41, 5.74) is 1.06. The number of nitrogens with zero attached hydrogens (tertiary/aromatic N) is 5. The second-order valence-corrected chi connectivity index (χ2v) is 7.11. The van der Waals surface area contributed by atoms with Gasteiger partial charge < -0.3 is 14.2 Å². The summed E-state index contributed by atoms with van der Waals surface area (Å²) in [5, 5.41) is 3.77. The molecule has 0 amide bonds. The Morgan fingerprint density at radius 1 is 1.10 bits per heavy atom. The van der Waals surface area contributed by atoms with Gasteiger partial charge in [0.25, 0.3) is 5.89 Å². The number of rotatable bonds is 5. The van der Waals surface area contributed by atoms with Crippen LogP contribution in [0.1, 0.15) is 35.6 Å². The first-order chi connectivity index (χ1) is 14.3. The molecule has 3 aromatic rings. The third-order valence-corrected chi connectivity index (χ3v) is 4.97. The summed E-state index contributed by atoms with van der Waals surface area (Å²) in [6, 6.07) is 4.77. The minimum absolute atomic E-state index is 0.0529. The quantitative estimate of drug-likeness (QED) is 0.609. The lowest BCUT2D eigenvalue weighted by Gasteiger charge is -2.17. The predicted molar refractivity (Wildman–Crippen MR) is 102 cm³/mol. The fourth-order valence-corrected chi connectivity index (χ4v) is 3.18. The van der Waals surface area contributed by atoms with Crippen molar-refractivity contribution in [2.75, 3.05) is 18.0 Å². The molecular formula is C20H20F3N5O2. The van der Waals surface area contributed by atoms with E-state index in [1.165, 1.54) is 12.1 Å². The number of hydrogen-bond donors (Lipinski definition) is 0. The maximum atomic E-state index is 12.9. The van der Waals surface area contributed by atoms with Gasteiger partial charge in [0, 0.05) is 29.9 Å². The van der Waals surface area contributed by atoms with Gasteiger partial charge in [0.2, 0.25) is 17.7 Å². The molecule has 0 spiro atoms. The van der Waals surface area contributed by atoms with Crippen LogP contribution in [0.15, 0.2) is 28.8 Å². The Kier molecular flexibility index (Phi) is 5.31. The Bertz CT molecular complexity index is 1050. The van der Waals surface area contributed by atoms with Crippen LogP contribution in [-0.4, -0.2) is 33.2 Å². The highest BCUT2D eigenvalue weighted by molar-refractivity contribution is 5.55. The predicted octanol–water partition coefficient (Wildman–Crippen LogP) is 4.34. The summed E-state index contributed by atoms with van der Waals surface area (Å²) in [5.74, 6) is 1.25. The molecule has 0 atom stereocenters. The average molecular weight is 419 g/mol. The van der Waals surface area contributed by atoms with E-state index in [1.54, 1.807) is 0 Å². The summed E-state index contributed by atoms with van der Waals surface area (Å²) in [6.07, 6.45) is -2.24. The van der Waals surface area contributed by atoms with Gasteiger partial charge in [-0.2, -0.15) is 23.1 Å². The minimum Gasteiger partial charge on any atom is -0.467 e. The van der Waals surface area contributed by atoms with E-state index in [9.17, 15) is 13.2 Å². The van der Waals surface area contributed by atoms with E-state index >= 15 is 0 Å². The third kappa shape index (κ3) is 4.22. The maximum absolute atomic E-state index is 12.9. The first kappa shape index (κ1) is 20.1. The van der Waals surface area contributed by atoms with E-state index in [1.807, 2.05) is 13.8 Å². The zero-order chi connectivity index (χ0) is 21.3. The van der Waals surface area contributed by atoms with Crippen molar-refractivity contribution in [3.8, 4) is 17.3 Å². The van der Waals surface area contributed by atoms with E-state index < -0.39 is 11.7 Å². The molecule has 7 nitrogen and oxygen atoms in total. The third-order valence-electron chi connectivity index (χ3n) is 4.97. The molecule has 158 valence electrons. The van der Waals surface area contributed by atoms with Crippen molar-refractivity contribution < 1.29 is 22.4 Å². The highest BCUT2D eigenvalue weighted by Gasteiger charge is 2.30. The van der Waals surface area contributed by atoms with Crippen LogP contribution < -0.4 is 9.64 Å². The van der Waals surface area contributed by atoms with Gasteiger partial charge in [0.1, 0.15) is 0 Å². The van der Waals surface area contributed by atoms with Gasteiger partial charge in [0.15, 0.2) is 6.61 Å². The van der Waals surface area contributed by atoms with Gasteiger partial charge in [-0.1, -0.05) is 17.3 Å². The SMILES string of the molecule is Cc1nc(N2CCCC2)nc(OCc2nc(-c3cccc(C(F)(F)F)c3)no2)c1C. The standard InChI is InChI=1S/C20H20F3N5O2/c1-12-13(2)24-19(28-8-3-4-9-28)26-18(12)29-11-16-25-17(27-30-16)14-6-5-7-15(10-14)20(21,22)23/h5-7,10H,3-4,8-9,11H2,1-2H3. The van der Waals surface area contributed by atoms with Crippen LogP contribution in [-0.2, 0) is 12.8 Å². The number of aryl methyl sites for hydroxylation is 1. The van der Waals surface area contributed by atoms with Gasteiger partial charge >= 0.3 is 6.18 Å². The van der Waals surface area contributed by atoms with Crippen LogP contribution in [0.5, 0.6) is 5.88 Å². The van der Waals surface area contributed by atoms with Gasteiger partial charge in [-0.25, -0.2) is 4.98 Å². The second kappa shape index (κ2) is 7.92. The average Bonchev–Trinajstić information content (AvgIpc) is 3.41. The van der Waals surface area contributed by atoms with E-state index in [2.05, 4.69) is 25.0 Å². The van der Waals surface area contributed by atoms with E-state index in [-0.39, 0.29) is 23.9 Å². The van der Waals surface area contributed by atoms with Crippen molar-refractivity contribution in [3.63, 3.8) is 0 Å². The minimum atomic E-state index is -4.44. The Labute approximate surface area is 170 Å². The van der Waals surface area contributed by atoms with Crippen LogP contribution in [0.2, 0.25) is 0 Å². The van der Waals surface area contributed by atoms with Crippen LogP contribution in [0.4, 0.5) is 19.1 Å².